The molecule has 0 spiro atoms. The Kier molecular flexibility index (Phi) is 4.57. The number of hydrogen-bond acceptors (Lipinski definition) is 4. The molecule has 0 bridgehead atoms. The molecule has 114 valence electrons. The molecule has 0 unspecified atom stereocenters. The number of hydrogen-bond donors (Lipinski definition) is 0. The highest BCUT2D eigenvalue weighted by atomic mass is 79.9. The molecule has 1 heterocycles. The molecule has 2 aromatic carbocycles. The highest BCUT2D eigenvalue weighted by Gasteiger charge is 2.25. The van der Waals surface area contributed by atoms with E-state index in [0.717, 1.165) is 27.0 Å². The van der Waals surface area contributed by atoms with Crippen molar-refractivity contribution in [1.82, 2.24) is 4.31 Å². The molecule has 2 aromatic rings. The van der Waals surface area contributed by atoms with Gasteiger partial charge >= 0.3 is 0 Å². The van der Waals surface area contributed by atoms with E-state index in [2.05, 4.69) is 51.4 Å². The van der Waals surface area contributed by atoms with Crippen LogP contribution in [0.3, 0.4) is 0 Å². The lowest BCUT2D eigenvalue weighted by Crippen LogP contribution is -2.30. The van der Waals surface area contributed by atoms with Gasteiger partial charge in [0.05, 0.1) is 18.1 Å². The van der Waals surface area contributed by atoms with Crippen molar-refractivity contribution in [2.24, 2.45) is 0 Å². The number of ether oxygens (including phenoxy) is 1. The van der Waals surface area contributed by atoms with Gasteiger partial charge in [0.1, 0.15) is 5.75 Å². The molecule has 22 heavy (non-hydrogen) atoms. The zero-order valence-electron chi connectivity index (χ0n) is 12.4. The Balaban J connectivity index is 1.83. The number of rotatable bonds is 3. The molecule has 0 saturated carbocycles. The zero-order valence-corrected chi connectivity index (χ0v) is 14.8. The van der Waals surface area contributed by atoms with Crippen molar-refractivity contribution in [3.8, 4) is 5.75 Å². The first-order chi connectivity index (χ1) is 10.6. The molecular formula is C17H16BrNO2S. The van der Waals surface area contributed by atoms with Crippen LogP contribution in [0.25, 0.3) is 0 Å². The topological polar surface area (TPSA) is 29.5 Å². The predicted molar refractivity (Wildman–Crippen MR) is 92.5 cm³/mol. The maximum absolute atomic E-state index is 12.4. The average Bonchev–Trinajstić information content (AvgIpc) is 2.49. The van der Waals surface area contributed by atoms with Crippen LogP contribution in [0.4, 0.5) is 0 Å². The average molecular weight is 378 g/mol. The van der Waals surface area contributed by atoms with Crippen LogP contribution in [0, 0.1) is 6.92 Å². The third kappa shape index (κ3) is 3.21. The summed E-state index contributed by atoms with van der Waals surface area (Å²) in [7, 11) is 1.61. The molecule has 1 aliphatic heterocycles. The largest absolute Gasteiger partial charge is 0.496 e. The van der Waals surface area contributed by atoms with Crippen molar-refractivity contribution in [1.29, 1.82) is 0 Å². The molecular weight excluding hydrogens is 362 g/mol. The molecule has 3 nitrogen and oxygen atoms in total. The number of carbonyl (C=O) groups excluding carboxylic acids is 1. The van der Waals surface area contributed by atoms with Gasteiger partial charge in [-0.1, -0.05) is 17.7 Å². The van der Waals surface area contributed by atoms with Crippen molar-refractivity contribution < 1.29 is 9.53 Å². The van der Waals surface area contributed by atoms with Gasteiger partial charge in [0.15, 0.2) is 5.78 Å². The molecule has 1 aliphatic rings. The Hall–Kier alpha value is -1.30. The van der Waals surface area contributed by atoms with Gasteiger partial charge in [0.25, 0.3) is 0 Å². The van der Waals surface area contributed by atoms with Crippen LogP contribution in [-0.4, -0.2) is 23.7 Å². The summed E-state index contributed by atoms with van der Waals surface area (Å²) in [4.78, 5) is 13.5. The Labute approximate surface area is 142 Å². The van der Waals surface area contributed by atoms with Crippen molar-refractivity contribution in [3.63, 3.8) is 0 Å². The summed E-state index contributed by atoms with van der Waals surface area (Å²) in [5, 5.41) is 0. The summed E-state index contributed by atoms with van der Waals surface area (Å²) in [6, 6.07) is 12.2. The van der Waals surface area contributed by atoms with Gasteiger partial charge in [-0.3, -0.25) is 4.79 Å². The number of ketones is 1. The standard InChI is InChI=1S/C17H16BrNO2S/c1-11-3-5-13(6-4-11)22-19-9-12-7-15(18)17(21-2)8-14(12)16(20)10-19/h3-8H,9-10H2,1-2H3. The third-order valence-corrected chi connectivity index (χ3v) is 5.22. The van der Waals surface area contributed by atoms with Crippen LogP contribution in [0.15, 0.2) is 45.8 Å². The van der Waals surface area contributed by atoms with Gasteiger partial charge in [0.2, 0.25) is 0 Å². The Morgan fingerprint density at radius 3 is 2.59 bits per heavy atom. The molecule has 0 atom stereocenters. The van der Waals surface area contributed by atoms with Gasteiger partial charge in [-0.15, -0.1) is 0 Å². The lowest BCUT2D eigenvalue weighted by atomic mass is 10.00. The predicted octanol–water partition coefficient (Wildman–Crippen LogP) is 4.47. The van der Waals surface area contributed by atoms with E-state index in [1.165, 1.54) is 5.56 Å². The van der Waals surface area contributed by atoms with Crippen molar-refractivity contribution in [2.75, 3.05) is 13.7 Å². The number of methoxy groups -OCH3 is 1. The van der Waals surface area contributed by atoms with E-state index in [1.807, 2.05) is 12.1 Å². The number of benzene rings is 2. The normalized spacial score (nSPS) is 14.8. The van der Waals surface area contributed by atoms with Gasteiger partial charge < -0.3 is 4.74 Å². The first-order valence-corrected chi connectivity index (χ1v) is 8.52. The third-order valence-electron chi connectivity index (χ3n) is 3.60. The minimum Gasteiger partial charge on any atom is -0.496 e. The Bertz CT molecular complexity index is 715. The summed E-state index contributed by atoms with van der Waals surface area (Å²) in [6.07, 6.45) is 0. The van der Waals surface area contributed by atoms with Crippen LogP contribution in [0.2, 0.25) is 0 Å². The highest BCUT2D eigenvalue weighted by Crippen LogP contribution is 2.34. The second-order valence-electron chi connectivity index (χ2n) is 5.27. The Morgan fingerprint density at radius 1 is 1.18 bits per heavy atom. The van der Waals surface area contributed by atoms with E-state index in [-0.39, 0.29) is 5.78 Å². The monoisotopic (exact) mass is 377 g/mol. The fourth-order valence-electron chi connectivity index (χ4n) is 2.45. The van der Waals surface area contributed by atoms with E-state index in [4.69, 9.17) is 4.74 Å². The van der Waals surface area contributed by atoms with Gasteiger partial charge in [-0.25, -0.2) is 4.31 Å². The Morgan fingerprint density at radius 2 is 1.91 bits per heavy atom. The fraction of sp³-hybridized carbons (Fsp3) is 0.235. The van der Waals surface area contributed by atoms with Crippen LogP contribution in [-0.2, 0) is 6.54 Å². The zero-order chi connectivity index (χ0) is 15.7. The maximum atomic E-state index is 12.4. The number of Topliss-reactive ketones (excluding diaryl/α,β-unsaturated/α-hetero) is 1. The van der Waals surface area contributed by atoms with Crippen molar-refractivity contribution in [2.45, 2.75) is 18.4 Å². The van der Waals surface area contributed by atoms with Crippen LogP contribution >= 0.6 is 27.9 Å². The maximum Gasteiger partial charge on any atom is 0.178 e. The summed E-state index contributed by atoms with van der Waals surface area (Å²) >= 11 is 5.11. The van der Waals surface area contributed by atoms with Crippen LogP contribution in [0.1, 0.15) is 21.5 Å². The number of carbonyl (C=O) groups is 1. The lowest BCUT2D eigenvalue weighted by Gasteiger charge is -2.27. The number of fused-ring (bicyclic) bond motifs is 1. The first kappa shape index (κ1) is 15.6. The van der Waals surface area contributed by atoms with Gasteiger partial charge in [-0.2, -0.15) is 0 Å². The lowest BCUT2D eigenvalue weighted by molar-refractivity contribution is 0.0954. The van der Waals surface area contributed by atoms with Crippen LogP contribution < -0.4 is 4.74 Å². The first-order valence-electron chi connectivity index (χ1n) is 6.96. The van der Waals surface area contributed by atoms with E-state index in [9.17, 15) is 4.79 Å². The number of halogens is 1. The molecule has 0 aromatic heterocycles. The minimum absolute atomic E-state index is 0.131. The molecule has 0 radical (unpaired) electrons. The smallest absolute Gasteiger partial charge is 0.178 e. The summed E-state index contributed by atoms with van der Waals surface area (Å²) in [6.45, 7) is 3.22. The molecule has 0 amide bonds. The summed E-state index contributed by atoms with van der Waals surface area (Å²) in [5.41, 5.74) is 3.03. The molecule has 0 saturated heterocycles. The fourth-order valence-corrected chi connectivity index (χ4v) is 3.94. The van der Waals surface area contributed by atoms with Gasteiger partial charge in [0, 0.05) is 17.0 Å². The van der Waals surface area contributed by atoms with E-state index in [0.29, 0.717) is 12.3 Å². The summed E-state index contributed by atoms with van der Waals surface area (Å²) in [5.74, 6) is 0.832. The van der Waals surface area contributed by atoms with E-state index < -0.39 is 0 Å². The molecule has 0 fully saturated rings. The second-order valence-corrected chi connectivity index (χ2v) is 7.29. The molecule has 5 heteroatoms. The SMILES string of the molecule is COc1cc2c(cc1Br)CN(Sc1ccc(C)cc1)CC2=O. The number of nitrogens with zero attached hydrogens (tertiary/aromatic N) is 1. The molecule has 0 N–H and O–H groups in total. The van der Waals surface area contributed by atoms with E-state index in [1.54, 1.807) is 19.1 Å². The van der Waals surface area contributed by atoms with Crippen molar-refractivity contribution >= 4 is 33.7 Å². The minimum atomic E-state index is 0.131. The summed E-state index contributed by atoms with van der Waals surface area (Å²) < 4.78 is 8.25. The van der Waals surface area contributed by atoms with E-state index >= 15 is 0 Å². The molecule has 3 rings (SSSR count). The molecule has 0 aliphatic carbocycles. The second kappa shape index (κ2) is 6.44. The quantitative estimate of drug-likeness (QED) is 0.737. The van der Waals surface area contributed by atoms with Crippen LogP contribution in [0.5, 0.6) is 5.75 Å². The van der Waals surface area contributed by atoms with Gasteiger partial charge in [-0.05, 0) is 64.6 Å². The van der Waals surface area contributed by atoms with Crippen molar-refractivity contribution in [3.05, 3.63) is 57.6 Å². The highest BCUT2D eigenvalue weighted by molar-refractivity contribution is 9.10. The number of aryl methyl sites for hydroxylation is 1.